The van der Waals surface area contributed by atoms with E-state index in [0.29, 0.717) is 17.3 Å². The minimum Gasteiger partial charge on any atom is -0.491 e. The maximum atomic E-state index is 11.7. The van der Waals surface area contributed by atoms with Crippen molar-refractivity contribution >= 4 is 11.6 Å². The van der Waals surface area contributed by atoms with Crippen LogP contribution in [0.1, 0.15) is 25.0 Å². The molecular formula is C15H19N3O3. The van der Waals surface area contributed by atoms with Gasteiger partial charge in [0.05, 0.1) is 31.5 Å². The maximum Gasteiger partial charge on any atom is 0.223 e. The summed E-state index contributed by atoms with van der Waals surface area (Å²) >= 11 is 0. The molecule has 0 saturated carbocycles. The highest BCUT2D eigenvalue weighted by molar-refractivity contribution is 5.75. The predicted molar refractivity (Wildman–Crippen MR) is 78.7 cm³/mol. The minimum atomic E-state index is -0.124. The molecule has 0 aliphatic rings. The lowest BCUT2D eigenvalue weighted by Crippen LogP contribution is -2.24. The normalized spacial score (nSPS) is 10.3. The Balaban J connectivity index is 1.69. The summed E-state index contributed by atoms with van der Waals surface area (Å²) in [7, 11) is 0. The number of hydrogen-bond acceptors (Lipinski definition) is 5. The number of benzene rings is 1. The molecule has 0 fully saturated rings. The molecule has 0 spiro atoms. The van der Waals surface area contributed by atoms with Crippen LogP contribution in [0.2, 0.25) is 0 Å². The summed E-state index contributed by atoms with van der Waals surface area (Å²) in [5.41, 5.74) is 6.30. The van der Waals surface area contributed by atoms with Crippen molar-refractivity contribution in [3.05, 3.63) is 42.1 Å². The summed E-state index contributed by atoms with van der Waals surface area (Å²) in [6, 6.07) is 7.19. The van der Waals surface area contributed by atoms with Gasteiger partial charge in [0.1, 0.15) is 11.5 Å². The van der Waals surface area contributed by atoms with Gasteiger partial charge in [-0.25, -0.2) is 4.98 Å². The first-order chi connectivity index (χ1) is 10.2. The molecule has 6 nitrogen and oxygen atoms in total. The van der Waals surface area contributed by atoms with Crippen molar-refractivity contribution in [2.45, 2.75) is 26.3 Å². The molecule has 1 aromatic heterocycles. The predicted octanol–water partition coefficient (Wildman–Crippen LogP) is 1.90. The van der Waals surface area contributed by atoms with Crippen molar-refractivity contribution in [2.24, 2.45) is 0 Å². The van der Waals surface area contributed by atoms with E-state index in [9.17, 15) is 4.79 Å². The molecule has 0 saturated heterocycles. The number of hydrogen-bond donors (Lipinski definition) is 2. The number of nitrogens with two attached hydrogens (primary N) is 1. The molecule has 6 heteroatoms. The standard InChI is InChI=1S/C15H19N3O3/c1-2-11-9-18-15(21-11)10-17-14(19)7-8-20-13-6-4-3-5-12(13)16/h3-6,9H,2,7-8,10,16H2,1H3,(H,17,19). The molecule has 0 radical (unpaired) electrons. The van der Waals surface area contributed by atoms with Gasteiger partial charge < -0.3 is 20.2 Å². The summed E-state index contributed by atoms with van der Waals surface area (Å²) in [6.45, 7) is 2.54. The summed E-state index contributed by atoms with van der Waals surface area (Å²) in [4.78, 5) is 15.7. The Bertz CT molecular complexity index is 595. The molecule has 1 aromatic carbocycles. The first-order valence-electron chi connectivity index (χ1n) is 6.86. The number of rotatable bonds is 7. The topological polar surface area (TPSA) is 90.4 Å². The number of anilines is 1. The first kappa shape index (κ1) is 14.9. The fraction of sp³-hybridized carbons (Fsp3) is 0.333. The summed E-state index contributed by atoms with van der Waals surface area (Å²) in [5, 5.41) is 2.73. The summed E-state index contributed by atoms with van der Waals surface area (Å²) in [5.74, 6) is 1.78. The van der Waals surface area contributed by atoms with Crippen LogP contribution in [0.3, 0.4) is 0 Å². The largest absolute Gasteiger partial charge is 0.491 e. The Morgan fingerprint density at radius 1 is 1.43 bits per heavy atom. The number of nitrogen functional groups attached to an aromatic ring is 1. The van der Waals surface area contributed by atoms with Crippen molar-refractivity contribution in [3.63, 3.8) is 0 Å². The lowest BCUT2D eigenvalue weighted by molar-refractivity contribution is -0.121. The molecule has 2 aromatic rings. The summed E-state index contributed by atoms with van der Waals surface area (Å²) < 4.78 is 10.9. The van der Waals surface area contributed by atoms with Crippen LogP contribution >= 0.6 is 0 Å². The zero-order chi connectivity index (χ0) is 15.1. The first-order valence-corrected chi connectivity index (χ1v) is 6.86. The number of aromatic nitrogens is 1. The van der Waals surface area contributed by atoms with Gasteiger partial charge in [-0.2, -0.15) is 0 Å². The second-order valence-corrected chi connectivity index (χ2v) is 4.49. The van der Waals surface area contributed by atoms with Crippen molar-refractivity contribution in [2.75, 3.05) is 12.3 Å². The average molecular weight is 289 g/mol. The van der Waals surface area contributed by atoms with Gasteiger partial charge in [-0.15, -0.1) is 0 Å². The Morgan fingerprint density at radius 3 is 2.95 bits per heavy atom. The van der Waals surface area contributed by atoms with Gasteiger partial charge in [0.2, 0.25) is 11.8 Å². The molecule has 112 valence electrons. The van der Waals surface area contributed by atoms with Crippen LogP contribution in [0.4, 0.5) is 5.69 Å². The minimum absolute atomic E-state index is 0.124. The van der Waals surface area contributed by atoms with Gasteiger partial charge in [-0.3, -0.25) is 4.79 Å². The number of oxazole rings is 1. The molecule has 0 bridgehead atoms. The Labute approximate surface area is 123 Å². The number of ether oxygens (including phenoxy) is 1. The van der Waals surface area contributed by atoms with Crippen LogP contribution in [0, 0.1) is 0 Å². The number of amides is 1. The Kier molecular flexibility index (Phi) is 5.20. The highest BCUT2D eigenvalue weighted by Crippen LogP contribution is 2.19. The third-order valence-electron chi connectivity index (χ3n) is 2.89. The van der Waals surface area contributed by atoms with E-state index in [-0.39, 0.29) is 25.5 Å². The monoisotopic (exact) mass is 289 g/mol. The molecule has 2 rings (SSSR count). The fourth-order valence-electron chi connectivity index (χ4n) is 1.72. The lowest BCUT2D eigenvalue weighted by Gasteiger charge is -2.08. The average Bonchev–Trinajstić information content (AvgIpc) is 2.95. The van der Waals surface area contributed by atoms with Crippen LogP contribution in [-0.4, -0.2) is 17.5 Å². The molecule has 0 aliphatic carbocycles. The van der Waals surface area contributed by atoms with E-state index in [1.165, 1.54) is 0 Å². The van der Waals surface area contributed by atoms with E-state index < -0.39 is 0 Å². The SMILES string of the molecule is CCc1cnc(CNC(=O)CCOc2ccccc2N)o1. The number of aryl methyl sites for hydroxylation is 1. The highest BCUT2D eigenvalue weighted by atomic mass is 16.5. The van der Waals surface area contributed by atoms with Gasteiger partial charge in [0.15, 0.2) is 0 Å². The van der Waals surface area contributed by atoms with Crippen LogP contribution in [0.25, 0.3) is 0 Å². The smallest absolute Gasteiger partial charge is 0.223 e. The van der Waals surface area contributed by atoms with Crippen LogP contribution in [0.15, 0.2) is 34.9 Å². The van der Waals surface area contributed by atoms with Crippen molar-refractivity contribution < 1.29 is 13.9 Å². The van der Waals surface area contributed by atoms with E-state index in [1.807, 2.05) is 19.1 Å². The molecule has 0 aliphatic heterocycles. The number of nitrogens with zero attached hydrogens (tertiary/aromatic N) is 1. The van der Waals surface area contributed by atoms with E-state index >= 15 is 0 Å². The molecular weight excluding hydrogens is 270 g/mol. The van der Waals surface area contributed by atoms with E-state index in [0.717, 1.165) is 12.2 Å². The van der Waals surface area contributed by atoms with E-state index in [4.69, 9.17) is 14.9 Å². The number of carbonyl (C=O) groups excluding carboxylic acids is 1. The lowest BCUT2D eigenvalue weighted by atomic mass is 10.3. The zero-order valence-electron chi connectivity index (χ0n) is 12.0. The van der Waals surface area contributed by atoms with Crippen molar-refractivity contribution in [1.29, 1.82) is 0 Å². The van der Waals surface area contributed by atoms with E-state index in [2.05, 4.69) is 10.3 Å². The third-order valence-corrected chi connectivity index (χ3v) is 2.89. The van der Waals surface area contributed by atoms with Crippen molar-refractivity contribution in [1.82, 2.24) is 10.3 Å². The molecule has 1 amide bonds. The molecule has 0 unspecified atom stereocenters. The highest BCUT2D eigenvalue weighted by Gasteiger charge is 2.06. The Hall–Kier alpha value is -2.50. The van der Waals surface area contributed by atoms with E-state index in [1.54, 1.807) is 18.3 Å². The molecule has 0 atom stereocenters. The Morgan fingerprint density at radius 2 is 2.24 bits per heavy atom. The molecule has 1 heterocycles. The second-order valence-electron chi connectivity index (χ2n) is 4.49. The van der Waals surface area contributed by atoms with Gasteiger partial charge in [-0.1, -0.05) is 19.1 Å². The van der Waals surface area contributed by atoms with Gasteiger partial charge in [0, 0.05) is 6.42 Å². The van der Waals surface area contributed by atoms with Gasteiger partial charge in [0.25, 0.3) is 0 Å². The number of carbonyl (C=O) groups is 1. The molecule has 3 N–H and O–H groups in total. The van der Waals surface area contributed by atoms with Crippen LogP contribution < -0.4 is 15.8 Å². The van der Waals surface area contributed by atoms with Crippen LogP contribution in [-0.2, 0) is 17.8 Å². The maximum absolute atomic E-state index is 11.7. The fourth-order valence-corrected chi connectivity index (χ4v) is 1.72. The van der Waals surface area contributed by atoms with Gasteiger partial charge in [-0.05, 0) is 12.1 Å². The third kappa shape index (κ3) is 4.52. The zero-order valence-corrected chi connectivity index (χ0v) is 12.0. The van der Waals surface area contributed by atoms with Crippen LogP contribution in [0.5, 0.6) is 5.75 Å². The second kappa shape index (κ2) is 7.33. The summed E-state index contributed by atoms with van der Waals surface area (Å²) in [6.07, 6.45) is 2.70. The van der Waals surface area contributed by atoms with Crippen molar-refractivity contribution in [3.8, 4) is 5.75 Å². The van der Waals surface area contributed by atoms with Gasteiger partial charge >= 0.3 is 0 Å². The number of para-hydroxylation sites is 2. The molecule has 21 heavy (non-hydrogen) atoms. The quantitative estimate of drug-likeness (QED) is 0.760. The number of nitrogens with one attached hydrogen (secondary N) is 1.